The maximum Gasteiger partial charge on any atom is 0.153 e. The Morgan fingerprint density at radius 2 is 2.30 bits per heavy atom. The number of benzene rings is 1. The average Bonchev–Trinajstić information content (AvgIpc) is 1.95. The van der Waals surface area contributed by atoms with Crippen LogP contribution < -0.4 is 0 Å². The molecule has 0 amide bonds. The lowest BCUT2D eigenvalue weighted by Crippen LogP contribution is -1.80. The first-order valence-corrected chi connectivity index (χ1v) is 2.97. The zero-order valence-electron chi connectivity index (χ0n) is 4.97. The van der Waals surface area contributed by atoms with Crippen LogP contribution in [0.15, 0.2) is 12.1 Å². The van der Waals surface area contributed by atoms with Crippen molar-refractivity contribution in [3.8, 4) is 5.75 Å². The standard InChI is InChI=1S/C7H4ClO2/c8-6-3-1-2-5(4-9)7(6)10/h2-4,10H. The van der Waals surface area contributed by atoms with Crippen LogP contribution in [0.4, 0.5) is 0 Å². The van der Waals surface area contributed by atoms with Crippen LogP contribution >= 0.6 is 11.6 Å². The van der Waals surface area contributed by atoms with Gasteiger partial charge in [0.2, 0.25) is 0 Å². The molecule has 0 aromatic heterocycles. The van der Waals surface area contributed by atoms with Gasteiger partial charge < -0.3 is 5.11 Å². The smallest absolute Gasteiger partial charge is 0.153 e. The molecule has 0 saturated heterocycles. The summed E-state index contributed by atoms with van der Waals surface area (Å²) in [7, 11) is 0. The minimum absolute atomic E-state index is 0.143. The zero-order chi connectivity index (χ0) is 7.56. The number of hydrogen-bond donors (Lipinski definition) is 1. The van der Waals surface area contributed by atoms with Crippen LogP contribution in [0.1, 0.15) is 10.4 Å². The molecule has 2 nitrogen and oxygen atoms in total. The Balaban J connectivity index is 3.27. The monoisotopic (exact) mass is 155 g/mol. The van der Waals surface area contributed by atoms with Gasteiger partial charge in [-0.3, -0.25) is 4.79 Å². The van der Waals surface area contributed by atoms with E-state index in [1.54, 1.807) is 0 Å². The van der Waals surface area contributed by atoms with Gasteiger partial charge in [-0.1, -0.05) is 11.6 Å². The van der Waals surface area contributed by atoms with Gasteiger partial charge in [-0.2, -0.15) is 0 Å². The van der Waals surface area contributed by atoms with Crippen LogP contribution in [0.2, 0.25) is 5.02 Å². The fourth-order valence-electron chi connectivity index (χ4n) is 0.569. The zero-order valence-corrected chi connectivity index (χ0v) is 5.72. The molecule has 51 valence electrons. The molecular formula is C7H4ClO2. The highest BCUT2D eigenvalue weighted by molar-refractivity contribution is 6.32. The van der Waals surface area contributed by atoms with Crippen molar-refractivity contribution < 1.29 is 9.90 Å². The summed E-state index contributed by atoms with van der Waals surface area (Å²) in [4.78, 5) is 10.1. The molecule has 0 aliphatic rings. The molecule has 0 bridgehead atoms. The van der Waals surface area contributed by atoms with Crippen LogP contribution in [-0.2, 0) is 0 Å². The topological polar surface area (TPSA) is 37.3 Å². The number of carbonyl (C=O) groups excluding carboxylic acids is 1. The molecule has 0 heterocycles. The molecule has 0 spiro atoms. The van der Waals surface area contributed by atoms with E-state index in [0.717, 1.165) is 0 Å². The van der Waals surface area contributed by atoms with Crippen molar-refractivity contribution in [3.05, 3.63) is 28.8 Å². The molecule has 0 unspecified atom stereocenters. The van der Waals surface area contributed by atoms with E-state index in [0.29, 0.717) is 6.29 Å². The molecule has 1 radical (unpaired) electrons. The van der Waals surface area contributed by atoms with Gasteiger partial charge in [0.15, 0.2) is 6.29 Å². The summed E-state index contributed by atoms with van der Waals surface area (Å²) in [6.45, 7) is 0. The fraction of sp³-hybridized carbons (Fsp3) is 0. The van der Waals surface area contributed by atoms with Crippen molar-refractivity contribution >= 4 is 17.9 Å². The highest BCUT2D eigenvalue weighted by Crippen LogP contribution is 2.24. The summed E-state index contributed by atoms with van der Waals surface area (Å²) in [5.74, 6) is -0.185. The van der Waals surface area contributed by atoms with Crippen LogP contribution in [-0.4, -0.2) is 11.4 Å². The minimum Gasteiger partial charge on any atom is -0.506 e. The summed E-state index contributed by atoms with van der Waals surface area (Å²) in [5, 5.41) is 9.16. The molecular weight excluding hydrogens is 152 g/mol. The van der Waals surface area contributed by atoms with Gasteiger partial charge in [0, 0.05) is 0 Å². The van der Waals surface area contributed by atoms with Crippen LogP contribution in [0.5, 0.6) is 5.75 Å². The Morgan fingerprint density at radius 1 is 1.60 bits per heavy atom. The van der Waals surface area contributed by atoms with E-state index >= 15 is 0 Å². The van der Waals surface area contributed by atoms with Gasteiger partial charge in [-0.05, 0) is 18.2 Å². The third-order valence-electron chi connectivity index (χ3n) is 1.08. The number of aromatic hydroxyl groups is 1. The Morgan fingerprint density at radius 3 is 2.80 bits per heavy atom. The molecule has 3 heteroatoms. The summed E-state index contributed by atoms with van der Waals surface area (Å²) in [6, 6.07) is 5.36. The number of carbonyl (C=O) groups is 1. The van der Waals surface area contributed by atoms with Gasteiger partial charge in [-0.15, -0.1) is 0 Å². The van der Waals surface area contributed by atoms with E-state index in [9.17, 15) is 4.79 Å². The quantitative estimate of drug-likeness (QED) is 0.627. The molecule has 0 fully saturated rings. The Hall–Kier alpha value is -1.02. The lowest BCUT2D eigenvalue weighted by Gasteiger charge is -1.96. The van der Waals surface area contributed by atoms with Crippen LogP contribution in [0.3, 0.4) is 0 Å². The second-order valence-corrected chi connectivity index (χ2v) is 2.13. The molecule has 1 N–H and O–H groups in total. The average molecular weight is 156 g/mol. The van der Waals surface area contributed by atoms with Crippen LogP contribution in [0, 0.1) is 6.07 Å². The molecule has 1 aromatic carbocycles. The number of phenols is 1. The van der Waals surface area contributed by atoms with E-state index in [1.165, 1.54) is 12.1 Å². The van der Waals surface area contributed by atoms with Gasteiger partial charge in [0.25, 0.3) is 0 Å². The van der Waals surface area contributed by atoms with Gasteiger partial charge in [0.1, 0.15) is 5.75 Å². The van der Waals surface area contributed by atoms with Crippen molar-refractivity contribution in [1.29, 1.82) is 0 Å². The van der Waals surface area contributed by atoms with E-state index in [4.69, 9.17) is 16.7 Å². The highest BCUT2D eigenvalue weighted by atomic mass is 35.5. The molecule has 0 saturated carbocycles. The summed E-state index contributed by atoms with van der Waals surface area (Å²) in [6.07, 6.45) is 0.526. The molecule has 0 aliphatic heterocycles. The maximum atomic E-state index is 10.1. The first-order valence-electron chi connectivity index (χ1n) is 2.59. The number of halogens is 1. The third kappa shape index (κ3) is 1.11. The lowest BCUT2D eigenvalue weighted by atomic mass is 10.2. The SMILES string of the molecule is O=Cc1c[c]cc(Cl)c1O. The van der Waals surface area contributed by atoms with Crippen molar-refractivity contribution in [1.82, 2.24) is 0 Å². The highest BCUT2D eigenvalue weighted by Gasteiger charge is 2.01. The van der Waals surface area contributed by atoms with E-state index in [1.807, 2.05) is 0 Å². The molecule has 1 aromatic rings. The van der Waals surface area contributed by atoms with Crippen molar-refractivity contribution in [3.63, 3.8) is 0 Å². The number of rotatable bonds is 1. The Labute approximate surface area is 63.1 Å². The first kappa shape index (κ1) is 7.09. The first-order chi connectivity index (χ1) is 4.75. The largest absolute Gasteiger partial charge is 0.506 e. The van der Waals surface area contributed by atoms with Gasteiger partial charge in [-0.25, -0.2) is 0 Å². The molecule has 0 aliphatic carbocycles. The Kier molecular flexibility index (Phi) is 1.92. The van der Waals surface area contributed by atoms with Gasteiger partial charge >= 0.3 is 0 Å². The fourth-order valence-corrected chi connectivity index (χ4v) is 0.741. The van der Waals surface area contributed by atoms with E-state index < -0.39 is 0 Å². The summed E-state index contributed by atoms with van der Waals surface area (Å²) in [5.41, 5.74) is 0.160. The molecule has 1 rings (SSSR count). The van der Waals surface area contributed by atoms with Crippen molar-refractivity contribution in [2.45, 2.75) is 0 Å². The number of hydrogen-bond acceptors (Lipinski definition) is 2. The van der Waals surface area contributed by atoms with Crippen LogP contribution in [0.25, 0.3) is 0 Å². The normalized spacial score (nSPS) is 9.30. The molecule has 0 atom stereocenters. The summed E-state index contributed by atoms with van der Waals surface area (Å²) < 4.78 is 0. The number of aldehydes is 1. The lowest BCUT2D eigenvalue weighted by molar-refractivity contribution is 0.112. The predicted molar refractivity (Wildman–Crippen MR) is 37.3 cm³/mol. The maximum absolute atomic E-state index is 10.1. The predicted octanol–water partition coefficient (Wildman–Crippen LogP) is 1.66. The number of phenolic OH excluding ortho intramolecular Hbond substituents is 1. The van der Waals surface area contributed by atoms with Crippen molar-refractivity contribution in [2.75, 3.05) is 0 Å². The minimum atomic E-state index is -0.185. The van der Waals surface area contributed by atoms with Crippen molar-refractivity contribution in [2.24, 2.45) is 0 Å². The van der Waals surface area contributed by atoms with E-state index in [2.05, 4.69) is 6.07 Å². The van der Waals surface area contributed by atoms with E-state index in [-0.39, 0.29) is 16.3 Å². The second kappa shape index (κ2) is 2.71. The third-order valence-corrected chi connectivity index (χ3v) is 1.36. The van der Waals surface area contributed by atoms with Gasteiger partial charge in [0.05, 0.1) is 10.6 Å². The summed E-state index contributed by atoms with van der Waals surface area (Å²) >= 11 is 5.45. The Bertz CT molecular complexity index is 258. The second-order valence-electron chi connectivity index (χ2n) is 1.73. The molecule has 10 heavy (non-hydrogen) atoms.